The lowest BCUT2D eigenvalue weighted by Crippen LogP contribution is -2.34. The van der Waals surface area contributed by atoms with Crippen LogP contribution in [0.3, 0.4) is 0 Å². The molecule has 2 heterocycles. The summed E-state index contributed by atoms with van der Waals surface area (Å²) in [7, 11) is 0. The van der Waals surface area contributed by atoms with Crippen molar-refractivity contribution < 1.29 is 27.6 Å². The van der Waals surface area contributed by atoms with Gasteiger partial charge in [0.05, 0.1) is 51.9 Å². The lowest BCUT2D eigenvalue weighted by Gasteiger charge is -2.32. The maximum absolute atomic E-state index is 13.7. The van der Waals surface area contributed by atoms with Crippen molar-refractivity contribution in [1.29, 1.82) is 0 Å². The van der Waals surface area contributed by atoms with E-state index in [-0.39, 0.29) is 12.5 Å². The molecule has 2 unspecified atom stereocenters. The topological polar surface area (TPSA) is 132 Å². The molecule has 0 fully saturated rings. The molecule has 5 N–H and O–H groups in total. The van der Waals surface area contributed by atoms with Crippen molar-refractivity contribution in [2.24, 2.45) is 17.2 Å². The average Bonchev–Trinajstić information content (AvgIpc) is 3.22. The molecule has 234 valence electrons. The summed E-state index contributed by atoms with van der Waals surface area (Å²) in [6, 6.07) is 7.01. The van der Waals surface area contributed by atoms with Crippen LogP contribution < -0.4 is 16.6 Å². The van der Waals surface area contributed by atoms with Crippen molar-refractivity contribution in [3.05, 3.63) is 68.2 Å². The van der Waals surface area contributed by atoms with Crippen LogP contribution in [0, 0.1) is 25.2 Å². The average molecular weight is 638 g/mol. The Kier molecular flexibility index (Phi) is 9.44. The van der Waals surface area contributed by atoms with Crippen LogP contribution in [0.5, 0.6) is 0 Å². The van der Waals surface area contributed by atoms with E-state index in [1.165, 1.54) is 22.4 Å². The van der Waals surface area contributed by atoms with Crippen LogP contribution >= 0.6 is 11.3 Å². The van der Waals surface area contributed by atoms with Crippen LogP contribution in [0.25, 0.3) is 0 Å². The fraction of sp³-hybridized carbons (Fsp3) is 0.467. The van der Waals surface area contributed by atoms with Gasteiger partial charge in [0.2, 0.25) is 0 Å². The first kappa shape index (κ1) is 33.1. The van der Waals surface area contributed by atoms with E-state index in [0.29, 0.717) is 57.6 Å². The first-order chi connectivity index (χ1) is 20.0. The highest BCUT2D eigenvalue weighted by molar-refractivity contribution is 7.89. The highest BCUT2D eigenvalue weighted by Gasteiger charge is 2.43. The highest BCUT2D eigenvalue weighted by Crippen LogP contribution is 2.46. The number of rotatable bonds is 8. The number of aliphatic carboxylic acids is 1. The number of carboxylic acids is 1. The molecular weight excluding hydrogens is 599 g/mol. The van der Waals surface area contributed by atoms with Gasteiger partial charge in [0.15, 0.2) is 4.90 Å². The first-order valence-corrected chi connectivity index (χ1v) is 15.9. The zero-order valence-corrected chi connectivity index (χ0v) is 26.7. The molecule has 4 rings (SSSR count). The molecule has 3 atom stereocenters. The number of benzene rings is 2. The molecule has 3 aromatic rings. The van der Waals surface area contributed by atoms with Crippen molar-refractivity contribution in [1.82, 2.24) is 9.29 Å². The van der Waals surface area contributed by atoms with E-state index in [1.54, 1.807) is 24.2 Å². The van der Waals surface area contributed by atoms with Gasteiger partial charge in [0, 0.05) is 23.5 Å². The van der Waals surface area contributed by atoms with Gasteiger partial charge in [-0.15, -0.1) is 15.6 Å². The van der Waals surface area contributed by atoms with Gasteiger partial charge in [-0.25, -0.2) is 10.8 Å². The summed E-state index contributed by atoms with van der Waals surface area (Å²) in [5.74, 6) is 4.40. The van der Waals surface area contributed by atoms with Crippen molar-refractivity contribution in [2.75, 3.05) is 23.8 Å². The Morgan fingerprint density at radius 1 is 1.28 bits per heavy atom. The van der Waals surface area contributed by atoms with E-state index in [1.807, 2.05) is 33.8 Å². The smallest absolute Gasteiger partial charge is 0.416 e. The van der Waals surface area contributed by atoms with Crippen molar-refractivity contribution in [3.8, 4) is 0 Å². The quantitative estimate of drug-likeness (QED) is 0.118. The maximum Gasteiger partial charge on any atom is 0.416 e. The number of carboxylic acid groups (broad SMARTS) is 1. The molecule has 0 radical (unpaired) electrons. The number of hydrogen-bond donors (Lipinski definition) is 3. The third-order valence-corrected chi connectivity index (χ3v) is 10.7. The number of hydrazine groups is 1. The van der Waals surface area contributed by atoms with Gasteiger partial charge in [-0.3, -0.25) is 4.79 Å². The summed E-state index contributed by atoms with van der Waals surface area (Å²) in [6.07, 6.45) is -4.12. The molecule has 0 spiro atoms. The van der Waals surface area contributed by atoms with Gasteiger partial charge in [-0.2, -0.15) is 13.2 Å². The van der Waals surface area contributed by atoms with E-state index in [4.69, 9.17) is 16.6 Å². The van der Waals surface area contributed by atoms with Crippen LogP contribution in [0.4, 0.5) is 24.5 Å². The molecule has 0 amide bonds. The molecule has 1 aliphatic heterocycles. The largest absolute Gasteiger partial charge is 0.593 e. The zero-order valence-electron chi connectivity index (χ0n) is 25.1. The van der Waals surface area contributed by atoms with Crippen LogP contribution in [0.1, 0.15) is 71.4 Å². The summed E-state index contributed by atoms with van der Waals surface area (Å²) in [5.41, 5.74) is 8.08. The van der Waals surface area contributed by atoms with E-state index in [0.717, 1.165) is 22.6 Å². The van der Waals surface area contributed by atoms with Gasteiger partial charge in [-0.1, -0.05) is 13.0 Å². The molecule has 2 aromatic carbocycles. The zero-order chi connectivity index (χ0) is 32.0. The number of thiazole rings is 1. The number of fused-ring (bicyclic) bond motifs is 1. The Morgan fingerprint density at radius 2 is 1.95 bits per heavy atom. The van der Waals surface area contributed by atoms with Gasteiger partial charge in [0.1, 0.15) is 5.01 Å². The molecular formula is C30H38F3N5O3S2. The van der Waals surface area contributed by atoms with E-state index in [9.17, 15) is 27.6 Å². The third kappa shape index (κ3) is 6.51. The SMILES string of the molecule is CCN(N)c1ccc(C(c2nc(CN3C[C@@H](C)Cc4cc(C(F)(F)F)ccc4[S+]3[O-])c(C)s2)C(C)(C)C(=O)O)c(C)c1N. The summed E-state index contributed by atoms with van der Waals surface area (Å²) < 4.78 is 55.5. The Balaban J connectivity index is 1.73. The maximum atomic E-state index is 13.7. The van der Waals surface area contributed by atoms with Gasteiger partial charge >= 0.3 is 12.1 Å². The number of anilines is 2. The number of halogens is 3. The highest BCUT2D eigenvalue weighted by atomic mass is 32.2. The van der Waals surface area contributed by atoms with Crippen LogP contribution in [0.2, 0.25) is 0 Å². The predicted molar refractivity (Wildman–Crippen MR) is 164 cm³/mol. The second kappa shape index (κ2) is 12.3. The van der Waals surface area contributed by atoms with Crippen LogP contribution in [-0.2, 0) is 35.3 Å². The predicted octanol–water partition coefficient (Wildman–Crippen LogP) is 6.02. The monoisotopic (exact) mass is 637 g/mol. The fourth-order valence-electron chi connectivity index (χ4n) is 5.51. The molecule has 13 heteroatoms. The number of carbonyl (C=O) groups is 1. The van der Waals surface area contributed by atoms with Gasteiger partial charge < -0.3 is 20.4 Å². The minimum Gasteiger partial charge on any atom is -0.593 e. The lowest BCUT2D eigenvalue weighted by atomic mass is 9.73. The number of hydrogen-bond acceptors (Lipinski definition) is 8. The molecule has 0 aliphatic carbocycles. The standard InChI is InChI=1S/C30H38F3N5O3S2/c1-7-38(35)23-10-9-21(17(3)26(23)34)25(29(5,6)28(39)40)27-36-22(18(4)42-27)15-37-14-16(2)12-19-13-20(30(31,32)33)8-11-24(19)43(37)41/h8-11,13,16,25H,7,12,14-15,34-35H2,1-6H3,(H,39,40)/t16-,25?,43?/m0/s1. The van der Waals surface area contributed by atoms with Crippen molar-refractivity contribution >= 4 is 40.0 Å². The fourth-order valence-corrected chi connectivity index (χ4v) is 8.20. The first-order valence-electron chi connectivity index (χ1n) is 13.9. The molecule has 0 saturated heterocycles. The van der Waals surface area contributed by atoms with E-state index >= 15 is 0 Å². The Bertz CT molecular complexity index is 1510. The van der Waals surface area contributed by atoms with Gasteiger partial charge in [-0.05, 0) is 82.3 Å². The summed E-state index contributed by atoms with van der Waals surface area (Å²) in [4.78, 5) is 18.7. The third-order valence-electron chi connectivity index (χ3n) is 8.14. The number of nitrogens with zero attached hydrogens (tertiary/aromatic N) is 3. The van der Waals surface area contributed by atoms with E-state index in [2.05, 4.69) is 0 Å². The van der Waals surface area contributed by atoms with Crippen LogP contribution in [0.15, 0.2) is 35.2 Å². The number of aryl methyl sites for hydroxylation is 1. The molecule has 43 heavy (non-hydrogen) atoms. The second-order valence-electron chi connectivity index (χ2n) is 11.7. The minimum absolute atomic E-state index is 0.0554. The number of alkyl halides is 3. The molecule has 8 nitrogen and oxygen atoms in total. The lowest BCUT2D eigenvalue weighted by molar-refractivity contribution is -0.147. The number of nitrogens with two attached hydrogens (primary N) is 2. The van der Waals surface area contributed by atoms with Crippen molar-refractivity contribution in [2.45, 2.75) is 71.5 Å². The molecule has 0 bridgehead atoms. The summed E-state index contributed by atoms with van der Waals surface area (Å²) in [6.45, 7) is 12.0. The summed E-state index contributed by atoms with van der Waals surface area (Å²) >= 11 is -0.332. The normalized spacial score (nSPS) is 18.7. The minimum atomic E-state index is -4.48. The van der Waals surface area contributed by atoms with Gasteiger partial charge in [0.25, 0.3) is 0 Å². The molecule has 0 saturated carbocycles. The van der Waals surface area contributed by atoms with Crippen LogP contribution in [-0.4, -0.2) is 38.0 Å². The van der Waals surface area contributed by atoms with Crippen molar-refractivity contribution in [3.63, 3.8) is 0 Å². The Labute approximate surface area is 257 Å². The Morgan fingerprint density at radius 3 is 2.56 bits per heavy atom. The second-order valence-corrected chi connectivity index (χ2v) is 14.4. The Hall–Kier alpha value is -2.84. The molecule has 1 aliphatic rings. The number of nitrogen functional groups attached to an aromatic ring is 1. The van der Waals surface area contributed by atoms with E-state index < -0.39 is 40.4 Å². The molecule has 1 aromatic heterocycles. The number of aromatic nitrogens is 1. The summed E-state index contributed by atoms with van der Waals surface area (Å²) in [5, 5.41) is 12.4.